The van der Waals surface area contributed by atoms with Crippen LogP contribution < -0.4 is 10.6 Å². The van der Waals surface area contributed by atoms with Gasteiger partial charge in [-0.3, -0.25) is 0 Å². The van der Waals surface area contributed by atoms with E-state index in [9.17, 15) is 9.18 Å². The van der Waals surface area contributed by atoms with Crippen LogP contribution in [0, 0.1) is 23.6 Å². The van der Waals surface area contributed by atoms with E-state index in [0.717, 1.165) is 11.8 Å². The predicted octanol–water partition coefficient (Wildman–Crippen LogP) is 4.43. The Morgan fingerprint density at radius 2 is 2.19 bits per heavy atom. The van der Waals surface area contributed by atoms with Gasteiger partial charge in [0.05, 0.1) is 5.69 Å². The number of anilines is 1. The molecule has 21 heavy (non-hydrogen) atoms. The molecule has 3 rings (SSSR count). The van der Waals surface area contributed by atoms with E-state index in [2.05, 4.69) is 10.6 Å². The zero-order valence-corrected chi connectivity index (χ0v) is 12.8. The number of fused-ring (bicyclic) bond motifs is 2. The van der Waals surface area contributed by atoms with E-state index in [-0.39, 0.29) is 17.8 Å². The summed E-state index contributed by atoms with van der Waals surface area (Å²) in [4.78, 5) is 12.0. The summed E-state index contributed by atoms with van der Waals surface area (Å²) in [5.41, 5.74) is 0.150. The summed E-state index contributed by atoms with van der Waals surface area (Å²) >= 11 is 5.69. The van der Waals surface area contributed by atoms with Crippen molar-refractivity contribution in [2.24, 2.45) is 17.8 Å². The lowest BCUT2D eigenvalue weighted by Crippen LogP contribution is -2.42. The second kappa shape index (κ2) is 5.84. The van der Waals surface area contributed by atoms with Gasteiger partial charge in [-0.05, 0) is 62.1 Å². The largest absolute Gasteiger partial charge is 0.335 e. The molecule has 1 aromatic carbocycles. The second-order valence-electron chi connectivity index (χ2n) is 6.35. The Balaban J connectivity index is 1.56. The fourth-order valence-corrected chi connectivity index (χ4v) is 4.13. The number of nitrogens with one attached hydrogen (secondary N) is 2. The van der Waals surface area contributed by atoms with Crippen LogP contribution in [0.15, 0.2) is 18.2 Å². The first-order valence-corrected chi connectivity index (χ1v) is 7.93. The molecule has 0 saturated heterocycles. The molecular formula is C16H20ClFN2O. The lowest BCUT2D eigenvalue weighted by Gasteiger charge is -2.28. The highest BCUT2D eigenvalue weighted by molar-refractivity contribution is 6.30. The maximum Gasteiger partial charge on any atom is 0.319 e. The number of hydrogen-bond acceptors (Lipinski definition) is 1. The predicted molar refractivity (Wildman–Crippen MR) is 82.0 cm³/mol. The van der Waals surface area contributed by atoms with Crippen molar-refractivity contribution in [3.8, 4) is 0 Å². The first-order chi connectivity index (χ1) is 10.0. The second-order valence-corrected chi connectivity index (χ2v) is 6.79. The summed E-state index contributed by atoms with van der Waals surface area (Å²) in [6, 6.07) is 3.98. The third kappa shape index (κ3) is 3.15. The van der Waals surface area contributed by atoms with Crippen LogP contribution in [0.1, 0.15) is 32.6 Å². The lowest BCUT2D eigenvalue weighted by atomic mass is 9.84. The Bertz CT molecular complexity index is 551. The van der Waals surface area contributed by atoms with Gasteiger partial charge in [0.2, 0.25) is 0 Å². The Morgan fingerprint density at radius 1 is 1.38 bits per heavy atom. The molecule has 2 amide bonds. The van der Waals surface area contributed by atoms with Crippen molar-refractivity contribution in [2.75, 3.05) is 5.32 Å². The Kier molecular flexibility index (Phi) is 4.07. The maximum atomic E-state index is 13.6. The van der Waals surface area contributed by atoms with Gasteiger partial charge in [-0.25, -0.2) is 9.18 Å². The molecule has 2 aliphatic carbocycles. The number of amides is 2. The van der Waals surface area contributed by atoms with Crippen molar-refractivity contribution >= 4 is 23.3 Å². The number of benzene rings is 1. The van der Waals surface area contributed by atoms with E-state index in [0.29, 0.717) is 10.9 Å². The van der Waals surface area contributed by atoms with Gasteiger partial charge in [0, 0.05) is 11.1 Å². The van der Waals surface area contributed by atoms with E-state index in [4.69, 9.17) is 11.6 Å². The topological polar surface area (TPSA) is 41.1 Å². The Labute approximate surface area is 129 Å². The molecule has 114 valence electrons. The van der Waals surface area contributed by atoms with Gasteiger partial charge in [-0.2, -0.15) is 0 Å². The minimum atomic E-state index is -0.523. The number of rotatable bonds is 3. The van der Waals surface area contributed by atoms with E-state index in [1.165, 1.54) is 37.8 Å². The van der Waals surface area contributed by atoms with Gasteiger partial charge in [0.25, 0.3) is 0 Å². The van der Waals surface area contributed by atoms with Crippen LogP contribution in [0.4, 0.5) is 14.9 Å². The molecule has 4 atom stereocenters. The quantitative estimate of drug-likeness (QED) is 0.852. The van der Waals surface area contributed by atoms with Crippen LogP contribution in [-0.4, -0.2) is 12.1 Å². The molecule has 2 saturated carbocycles. The molecule has 2 bridgehead atoms. The van der Waals surface area contributed by atoms with Gasteiger partial charge in [0.1, 0.15) is 5.82 Å². The van der Waals surface area contributed by atoms with Crippen molar-refractivity contribution in [3.05, 3.63) is 29.0 Å². The van der Waals surface area contributed by atoms with E-state index < -0.39 is 5.82 Å². The van der Waals surface area contributed by atoms with Gasteiger partial charge in [0.15, 0.2) is 0 Å². The molecule has 3 nitrogen and oxygen atoms in total. The third-order valence-corrected chi connectivity index (χ3v) is 5.21. The zero-order chi connectivity index (χ0) is 15.0. The van der Waals surface area contributed by atoms with E-state index >= 15 is 0 Å². The van der Waals surface area contributed by atoms with Gasteiger partial charge >= 0.3 is 6.03 Å². The maximum absolute atomic E-state index is 13.6. The third-order valence-electron chi connectivity index (χ3n) is 4.97. The minimum absolute atomic E-state index is 0.121. The van der Waals surface area contributed by atoms with Crippen LogP contribution in [0.3, 0.4) is 0 Å². The van der Waals surface area contributed by atoms with Crippen LogP contribution in [-0.2, 0) is 0 Å². The SMILES string of the molecule is C[C@H](NC(=O)Nc1ccc(Cl)cc1F)[C@@H]1C[C@H]2CC[C@H]1C2. The molecule has 0 radical (unpaired) electrons. The molecule has 0 heterocycles. The number of halogens is 2. The summed E-state index contributed by atoms with van der Waals surface area (Å²) in [6.07, 6.45) is 5.15. The molecule has 2 fully saturated rings. The highest BCUT2D eigenvalue weighted by Gasteiger charge is 2.42. The Morgan fingerprint density at radius 3 is 2.81 bits per heavy atom. The molecular weight excluding hydrogens is 291 g/mol. The summed E-state index contributed by atoms with van der Waals surface area (Å²) in [5, 5.41) is 5.81. The molecule has 2 N–H and O–H groups in total. The fraction of sp³-hybridized carbons (Fsp3) is 0.562. The van der Waals surface area contributed by atoms with Crippen LogP contribution in [0.5, 0.6) is 0 Å². The normalized spacial score (nSPS) is 28.4. The first kappa shape index (κ1) is 14.6. The standard InChI is InChI=1S/C16H20ClFN2O/c1-9(13-7-10-2-3-11(13)6-10)19-16(21)20-15-5-4-12(17)8-14(15)18/h4-5,8-11,13H,2-3,6-7H2,1H3,(H2,19,20,21)/t9-,10-,11-,13-/m0/s1. The summed E-state index contributed by atoms with van der Waals surface area (Å²) in [7, 11) is 0. The van der Waals surface area contributed by atoms with Crippen molar-refractivity contribution in [2.45, 2.75) is 38.6 Å². The molecule has 5 heteroatoms. The van der Waals surface area contributed by atoms with Crippen LogP contribution in [0.2, 0.25) is 5.02 Å². The zero-order valence-electron chi connectivity index (χ0n) is 12.0. The summed E-state index contributed by atoms with van der Waals surface area (Å²) in [6.45, 7) is 2.04. The van der Waals surface area contributed by atoms with Crippen molar-refractivity contribution < 1.29 is 9.18 Å². The molecule has 2 aliphatic rings. The summed E-state index contributed by atoms with van der Waals surface area (Å²) in [5.74, 6) is 1.63. The van der Waals surface area contributed by atoms with E-state index in [1.54, 1.807) is 6.07 Å². The molecule has 1 aromatic rings. The van der Waals surface area contributed by atoms with E-state index in [1.807, 2.05) is 6.92 Å². The molecule has 0 aromatic heterocycles. The summed E-state index contributed by atoms with van der Waals surface area (Å²) < 4.78 is 13.6. The average molecular weight is 311 g/mol. The van der Waals surface area contributed by atoms with Gasteiger partial charge in [-0.1, -0.05) is 18.0 Å². The van der Waals surface area contributed by atoms with Crippen molar-refractivity contribution in [3.63, 3.8) is 0 Å². The highest BCUT2D eigenvalue weighted by atomic mass is 35.5. The first-order valence-electron chi connectivity index (χ1n) is 7.55. The Hall–Kier alpha value is -1.29. The number of carbonyl (C=O) groups excluding carboxylic acids is 1. The van der Waals surface area contributed by atoms with Crippen molar-refractivity contribution in [1.29, 1.82) is 0 Å². The van der Waals surface area contributed by atoms with Crippen LogP contribution >= 0.6 is 11.6 Å². The minimum Gasteiger partial charge on any atom is -0.335 e. The molecule has 0 unspecified atom stereocenters. The molecule has 0 aliphatic heterocycles. The van der Waals surface area contributed by atoms with Gasteiger partial charge < -0.3 is 10.6 Å². The smallest absolute Gasteiger partial charge is 0.319 e. The lowest BCUT2D eigenvalue weighted by molar-refractivity contribution is 0.230. The molecule has 0 spiro atoms. The van der Waals surface area contributed by atoms with Gasteiger partial charge in [-0.15, -0.1) is 0 Å². The number of carbonyl (C=O) groups is 1. The fourth-order valence-electron chi connectivity index (χ4n) is 3.97. The number of hydrogen-bond donors (Lipinski definition) is 2. The monoisotopic (exact) mass is 310 g/mol. The highest BCUT2D eigenvalue weighted by Crippen LogP contribution is 2.49. The average Bonchev–Trinajstić information content (AvgIpc) is 3.04. The van der Waals surface area contributed by atoms with Crippen molar-refractivity contribution in [1.82, 2.24) is 5.32 Å². The van der Waals surface area contributed by atoms with Crippen LogP contribution in [0.25, 0.3) is 0 Å². The number of urea groups is 1.